The summed E-state index contributed by atoms with van der Waals surface area (Å²) < 4.78 is 5.52. The third kappa shape index (κ3) is 2.93. The van der Waals surface area contributed by atoms with Crippen molar-refractivity contribution < 1.29 is 9.84 Å². The molecule has 2 rings (SSSR count). The number of anilines is 1. The lowest BCUT2D eigenvalue weighted by atomic mass is 10.1. The first kappa shape index (κ1) is 11.4. The zero-order chi connectivity index (χ0) is 11.2. The van der Waals surface area contributed by atoms with Crippen molar-refractivity contribution in [2.45, 2.75) is 18.9 Å². The van der Waals surface area contributed by atoms with E-state index in [0.717, 1.165) is 31.7 Å². The van der Waals surface area contributed by atoms with Crippen LogP contribution in [0.25, 0.3) is 0 Å². The molecule has 16 heavy (non-hydrogen) atoms. The van der Waals surface area contributed by atoms with E-state index in [9.17, 15) is 0 Å². The first-order chi connectivity index (χ1) is 7.90. The Morgan fingerprint density at radius 2 is 2.19 bits per heavy atom. The minimum Gasteiger partial charge on any atom is -0.394 e. The molecule has 0 atom stereocenters. The summed E-state index contributed by atoms with van der Waals surface area (Å²) in [7, 11) is 0. The van der Waals surface area contributed by atoms with Crippen molar-refractivity contribution in [1.82, 2.24) is 4.98 Å². The summed E-state index contributed by atoms with van der Waals surface area (Å²) >= 11 is 0. The summed E-state index contributed by atoms with van der Waals surface area (Å²) in [6, 6.07) is 5.98. The lowest BCUT2D eigenvalue weighted by Crippen LogP contribution is -2.37. The monoisotopic (exact) mass is 222 g/mol. The zero-order valence-electron chi connectivity index (χ0n) is 9.38. The van der Waals surface area contributed by atoms with Crippen LogP contribution >= 0.6 is 0 Å². The summed E-state index contributed by atoms with van der Waals surface area (Å²) in [6.07, 6.45) is 4.14. The molecule has 0 aromatic carbocycles. The Morgan fingerprint density at radius 3 is 2.81 bits per heavy atom. The van der Waals surface area contributed by atoms with Crippen molar-refractivity contribution in [2.24, 2.45) is 0 Å². The maximum absolute atomic E-state index is 8.68. The molecule has 0 saturated carbocycles. The van der Waals surface area contributed by atoms with Crippen LogP contribution in [-0.4, -0.2) is 42.5 Å². The predicted octanol–water partition coefficient (Wildman–Crippen LogP) is 1.06. The van der Waals surface area contributed by atoms with Gasteiger partial charge in [-0.25, -0.2) is 4.98 Å². The largest absolute Gasteiger partial charge is 0.394 e. The quantitative estimate of drug-likeness (QED) is 0.827. The second kappa shape index (κ2) is 5.82. The molecule has 1 saturated heterocycles. The number of aliphatic hydroxyl groups excluding tert-OH is 1. The van der Waals surface area contributed by atoms with E-state index in [-0.39, 0.29) is 6.61 Å². The molecule has 1 aliphatic heterocycles. The summed E-state index contributed by atoms with van der Waals surface area (Å²) in [5.41, 5.74) is 0. The first-order valence-electron chi connectivity index (χ1n) is 5.78. The molecule has 1 fully saturated rings. The third-order valence-corrected chi connectivity index (χ3v) is 2.86. The van der Waals surface area contributed by atoms with E-state index in [0.29, 0.717) is 12.7 Å². The fraction of sp³-hybridized carbons (Fsp3) is 0.583. The van der Waals surface area contributed by atoms with Crippen molar-refractivity contribution in [1.29, 1.82) is 0 Å². The summed E-state index contributed by atoms with van der Waals surface area (Å²) in [5, 5.41) is 8.68. The molecule has 4 heteroatoms. The number of ether oxygens (including phenoxy) is 1. The highest BCUT2D eigenvalue weighted by Crippen LogP contribution is 2.18. The minimum absolute atomic E-state index is 0.112. The van der Waals surface area contributed by atoms with Crippen LogP contribution in [0.5, 0.6) is 0 Å². The van der Waals surface area contributed by atoms with Crippen molar-refractivity contribution in [2.75, 3.05) is 31.2 Å². The maximum atomic E-state index is 8.68. The van der Waals surface area contributed by atoms with E-state index in [1.807, 2.05) is 24.4 Å². The van der Waals surface area contributed by atoms with Gasteiger partial charge in [0.1, 0.15) is 5.82 Å². The summed E-state index contributed by atoms with van der Waals surface area (Å²) in [4.78, 5) is 6.61. The van der Waals surface area contributed by atoms with Gasteiger partial charge in [0.05, 0.1) is 19.3 Å². The van der Waals surface area contributed by atoms with Crippen LogP contribution in [0.15, 0.2) is 24.4 Å². The van der Waals surface area contributed by atoms with Crippen LogP contribution in [0.1, 0.15) is 12.8 Å². The first-order valence-corrected chi connectivity index (χ1v) is 5.78. The highest BCUT2D eigenvalue weighted by Gasteiger charge is 2.19. The van der Waals surface area contributed by atoms with Gasteiger partial charge in [-0.3, -0.25) is 0 Å². The highest BCUT2D eigenvalue weighted by atomic mass is 16.5. The predicted molar refractivity (Wildman–Crippen MR) is 62.5 cm³/mol. The Morgan fingerprint density at radius 1 is 1.38 bits per heavy atom. The topological polar surface area (TPSA) is 45.6 Å². The zero-order valence-corrected chi connectivity index (χ0v) is 9.38. The molecule has 0 bridgehead atoms. The fourth-order valence-electron chi connectivity index (χ4n) is 2.01. The van der Waals surface area contributed by atoms with Crippen LogP contribution in [-0.2, 0) is 4.74 Å². The molecule has 0 spiro atoms. The van der Waals surface area contributed by atoms with Crippen molar-refractivity contribution in [3.8, 4) is 0 Å². The molecule has 88 valence electrons. The van der Waals surface area contributed by atoms with Gasteiger partial charge in [-0.05, 0) is 25.0 Å². The van der Waals surface area contributed by atoms with E-state index in [4.69, 9.17) is 9.84 Å². The SMILES string of the molecule is OCCOC1CCN(c2ccccn2)CC1. The molecule has 0 unspecified atom stereocenters. The molecule has 0 aliphatic carbocycles. The van der Waals surface area contributed by atoms with Gasteiger partial charge in [0.25, 0.3) is 0 Å². The van der Waals surface area contributed by atoms with Gasteiger partial charge in [0.2, 0.25) is 0 Å². The van der Waals surface area contributed by atoms with Gasteiger partial charge in [0, 0.05) is 19.3 Å². The number of rotatable bonds is 4. The lowest BCUT2D eigenvalue weighted by Gasteiger charge is -2.32. The number of aromatic nitrogens is 1. The average Bonchev–Trinajstić information content (AvgIpc) is 2.38. The number of nitrogens with zero attached hydrogens (tertiary/aromatic N) is 2. The third-order valence-electron chi connectivity index (χ3n) is 2.86. The Kier molecular flexibility index (Phi) is 4.13. The van der Waals surface area contributed by atoms with Gasteiger partial charge < -0.3 is 14.7 Å². The standard InChI is InChI=1S/C12H18N2O2/c15-9-10-16-11-4-7-14(8-5-11)12-3-1-2-6-13-12/h1-3,6,11,15H,4-5,7-10H2. The second-order valence-electron chi connectivity index (χ2n) is 3.97. The van der Waals surface area contributed by atoms with Crippen LogP contribution in [0, 0.1) is 0 Å². The summed E-state index contributed by atoms with van der Waals surface area (Å²) in [6.45, 7) is 2.52. The van der Waals surface area contributed by atoms with E-state index in [1.54, 1.807) is 0 Å². The van der Waals surface area contributed by atoms with Crippen LogP contribution in [0.3, 0.4) is 0 Å². The molecule has 1 N–H and O–H groups in total. The normalized spacial score (nSPS) is 17.7. The number of hydrogen-bond acceptors (Lipinski definition) is 4. The summed E-state index contributed by atoms with van der Waals surface area (Å²) in [5.74, 6) is 1.04. The number of hydrogen-bond donors (Lipinski definition) is 1. The second-order valence-corrected chi connectivity index (χ2v) is 3.97. The van der Waals surface area contributed by atoms with Gasteiger partial charge in [0.15, 0.2) is 0 Å². The lowest BCUT2D eigenvalue weighted by molar-refractivity contribution is 0.0158. The average molecular weight is 222 g/mol. The van der Waals surface area contributed by atoms with E-state index in [2.05, 4.69) is 9.88 Å². The van der Waals surface area contributed by atoms with Crippen molar-refractivity contribution in [3.05, 3.63) is 24.4 Å². The molecule has 0 radical (unpaired) electrons. The van der Waals surface area contributed by atoms with Crippen molar-refractivity contribution in [3.63, 3.8) is 0 Å². The molecule has 1 aliphatic rings. The Balaban J connectivity index is 1.81. The molecule has 0 amide bonds. The molecule has 4 nitrogen and oxygen atoms in total. The van der Waals surface area contributed by atoms with Crippen LogP contribution < -0.4 is 4.90 Å². The maximum Gasteiger partial charge on any atom is 0.128 e. The number of piperidine rings is 1. The minimum atomic E-state index is 0.112. The fourth-order valence-corrected chi connectivity index (χ4v) is 2.01. The van der Waals surface area contributed by atoms with E-state index < -0.39 is 0 Å². The van der Waals surface area contributed by atoms with Gasteiger partial charge in [-0.2, -0.15) is 0 Å². The van der Waals surface area contributed by atoms with Crippen molar-refractivity contribution >= 4 is 5.82 Å². The van der Waals surface area contributed by atoms with E-state index in [1.165, 1.54) is 0 Å². The molecule has 1 aromatic heterocycles. The van der Waals surface area contributed by atoms with Gasteiger partial charge in [-0.1, -0.05) is 6.07 Å². The molecule has 1 aromatic rings. The van der Waals surface area contributed by atoms with Gasteiger partial charge in [-0.15, -0.1) is 0 Å². The van der Waals surface area contributed by atoms with Crippen LogP contribution in [0.2, 0.25) is 0 Å². The Labute approximate surface area is 95.9 Å². The Hall–Kier alpha value is -1.13. The number of pyridine rings is 1. The highest BCUT2D eigenvalue weighted by molar-refractivity contribution is 5.37. The molecule has 2 heterocycles. The Bertz CT molecular complexity index is 297. The number of aliphatic hydroxyl groups is 1. The van der Waals surface area contributed by atoms with Gasteiger partial charge >= 0.3 is 0 Å². The van der Waals surface area contributed by atoms with Crippen LogP contribution in [0.4, 0.5) is 5.82 Å². The molecular weight excluding hydrogens is 204 g/mol. The molecular formula is C12H18N2O2. The smallest absolute Gasteiger partial charge is 0.128 e. The van der Waals surface area contributed by atoms with E-state index >= 15 is 0 Å².